The van der Waals surface area contributed by atoms with E-state index >= 15 is 0 Å². The predicted molar refractivity (Wildman–Crippen MR) is 86.3 cm³/mol. The molecule has 0 radical (unpaired) electrons. The summed E-state index contributed by atoms with van der Waals surface area (Å²) in [7, 11) is 0. The Balaban J connectivity index is 1.47. The van der Waals surface area contributed by atoms with Gasteiger partial charge in [0.1, 0.15) is 0 Å². The molecule has 1 N–H and O–H groups in total. The smallest absolute Gasteiger partial charge is 0.254 e. The molecule has 1 aliphatic heterocycles. The topological polar surface area (TPSA) is 65.1 Å². The molecule has 1 aliphatic rings. The highest BCUT2D eigenvalue weighted by Gasteiger charge is 2.23. The Labute approximate surface area is 131 Å². The lowest BCUT2D eigenvalue weighted by Gasteiger charge is -2.34. The van der Waals surface area contributed by atoms with E-state index in [1.165, 1.54) is 0 Å². The van der Waals surface area contributed by atoms with Crippen molar-refractivity contribution in [2.45, 2.75) is 0 Å². The van der Waals surface area contributed by atoms with Crippen molar-refractivity contribution >= 4 is 33.4 Å². The Morgan fingerprint density at radius 1 is 1.18 bits per heavy atom. The Kier molecular flexibility index (Phi) is 3.27. The van der Waals surface area contributed by atoms with Gasteiger partial charge >= 0.3 is 0 Å². The van der Waals surface area contributed by atoms with E-state index in [2.05, 4.69) is 19.9 Å². The molecule has 0 atom stereocenters. The zero-order valence-corrected chi connectivity index (χ0v) is 12.7. The summed E-state index contributed by atoms with van der Waals surface area (Å²) >= 11 is 1.64. The van der Waals surface area contributed by atoms with Gasteiger partial charge in [-0.25, -0.2) is 9.97 Å². The summed E-state index contributed by atoms with van der Waals surface area (Å²) in [5.41, 5.74) is 2.48. The minimum Gasteiger partial charge on any atom is -0.345 e. The average Bonchev–Trinajstić information content (AvgIpc) is 3.25. The van der Waals surface area contributed by atoms with E-state index in [1.807, 2.05) is 34.7 Å². The van der Waals surface area contributed by atoms with Crippen LogP contribution in [0, 0.1) is 0 Å². The molecule has 1 aromatic carbocycles. The number of nitrogens with zero attached hydrogens (tertiary/aromatic N) is 4. The van der Waals surface area contributed by atoms with Crippen molar-refractivity contribution in [3.63, 3.8) is 0 Å². The van der Waals surface area contributed by atoms with Gasteiger partial charge in [0.25, 0.3) is 5.91 Å². The minimum absolute atomic E-state index is 0.0790. The lowest BCUT2D eigenvalue weighted by atomic mass is 10.1. The number of nitrogens with one attached hydrogen (secondary N) is 1. The van der Waals surface area contributed by atoms with Crippen LogP contribution >= 0.6 is 11.3 Å². The van der Waals surface area contributed by atoms with Crippen LogP contribution in [0.4, 0.5) is 5.13 Å². The first-order chi connectivity index (χ1) is 10.8. The summed E-state index contributed by atoms with van der Waals surface area (Å²) in [4.78, 5) is 28.3. The van der Waals surface area contributed by atoms with Gasteiger partial charge in [0, 0.05) is 43.3 Å². The number of hydrogen-bond acceptors (Lipinski definition) is 5. The molecule has 6 nitrogen and oxygen atoms in total. The molecule has 1 amide bonds. The predicted octanol–water partition coefficient (Wildman–Crippen LogP) is 1.98. The van der Waals surface area contributed by atoms with Crippen LogP contribution in [0.2, 0.25) is 0 Å². The fourth-order valence-corrected chi connectivity index (χ4v) is 3.42. The van der Waals surface area contributed by atoms with Gasteiger partial charge < -0.3 is 14.8 Å². The summed E-state index contributed by atoms with van der Waals surface area (Å²) in [6.07, 6.45) is 3.46. The lowest BCUT2D eigenvalue weighted by Crippen LogP contribution is -2.48. The number of fused-ring (bicyclic) bond motifs is 1. The van der Waals surface area contributed by atoms with Gasteiger partial charge in [0.2, 0.25) is 0 Å². The maximum Gasteiger partial charge on any atom is 0.254 e. The molecule has 7 heteroatoms. The molecule has 3 aromatic rings. The third-order valence-corrected chi connectivity index (χ3v) is 4.76. The molecular formula is C15H15N5OS. The second kappa shape index (κ2) is 5.42. The number of carbonyl (C=O) groups is 1. The fourth-order valence-electron chi connectivity index (χ4n) is 2.72. The molecule has 0 saturated carbocycles. The van der Waals surface area contributed by atoms with Crippen LogP contribution in [0.15, 0.2) is 36.1 Å². The average molecular weight is 313 g/mol. The van der Waals surface area contributed by atoms with Crippen molar-refractivity contribution in [3.8, 4) is 0 Å². The van der Waals surface area contributed by atoms with Crippen LogP contribution in [0.25, 0.3) is 11.0 Å². The Bertz CT molecular complexity index is 789. The fraction of sp³-hybridized carbons (Fsp3) is 0.267. The molecule has 0 aliphatic carbocycles. The number of aromatic nitrogens is 3. The first-order valence-electron chi connectivity index (χ1n) is 7.18. The van der Waals surface area contributed by atoms with Crippen LogP contribution in [-0.2, 0) is 0 Å². The number of amides is 1. The Morgan fingerprint density at radius 3 is 2.82 bits per heavy atom. The first kappa shape index (κ1) is 13.3. The van der Waals surface area contributed by atoms with E-state index in [-0.39, 0.29) is 5.91 Å². The van der Waals surface area contributed by atoms with Crippen molar-refractivity contribution in [2.24, 2.45) is 0 Å². The maximum absolute atomic E-state index is 12.6. The zero-order valence-electron chi connectivity index (χ0n) is 11.9. The number of benzene rings is 1. The van der Waals surface area contributed by atoms with Crippen molar-refractivity contribution in [1.29, 1.82) is 0 Å². The van der Waals surface area contributed by atoms with E-state index in [0.29, 0.717) is 5.56 Å². The molecule has 3 heterocycles. The monoisotopic (exact) mass is 313 g/mol. The van der Waals surface area contributed by atoms with Crippen molar-refractivity contribution in [2.75, 3.05) is 31.1 Å². The second-order valence-corrected chi connectivity index (χ2v) is 6.10. The molecule has 4 rings (SSSR count). The largest absolute Gasteiger partial charge is 0.345 e. The number of anilines is 1. The summed E-state index contributed by atoms with van der Waals surface area (Å²) in [6.45, 7) is 3.09. The van der Waals surface area contributed by atoms with Gasteiger partial charge in [-0.2, -0.15) is 0 Å². The zero-order chi connectivity index (χ0) is 14.9. The highest BCUT2D eigenvalue weighted by atomic mass is 32.1. The van der Waals surface area contributed by atoms with Gasteiger partial charge in [0.05, 0.1) is 17.4 Å². The van der Waals surface area contributed by atoms with Gasteiger partial charge in [-0.1, -0.05) is 0 Å². The maximum atomic E-state index is 12.6. The number of imidazole rings is 1. The van der Waals surface area contributed by atoms with E-state index in [9.17, 15) is 4.79 Å². The van der Waals surface area contributed by atoms with Gasteiger partial charge in [0.15, 0.2) is 5.13 Å². The van der Waals surface area contributed by atoms with E-state index in [4.69, 9.17) is 0 Å². The molecule has 0 spiro atoms. The van der Waals surface area contributed by atoms with Crippen molar-refractivity contribution < 1.29 is 4.79 Å². The molecule has 112 valence electrons. The van der Waals surface area contributed by atoms with E-state index < -0.39 is 0 Å². The third-order valence-electron chi connectivity index (χ3n) is 3.92. The number of rotatable bonds is 2. The highest BCUT2D eigenvalue weighted by Crippen LogP contribution is 2.20. The quantitative estimate of drug-likeness (QED) is 0.786. The van der Waals surface area contributed by atoms with Gasteiger partial charge in [-0.3, -0.25) is 4.79 Å². The molecule has 2 aromatic heterocycles. The van der Waals surface area contributed by atoms with Crippen LogP contribution in [-0.4, -0.2) is 51.9 Å². The standard InChI is InChI=1S/C15H15N5OS/c21-14(11-1-2-12-13(9-11)18-10-17-12)19-4-6-20(7-5-19)15-16-3-8-22-15/h1-3,8-10H,4-7H2,(H,17,18). The normalized spacial score (nSPS) is 15.5. The van der Waals surface area contributed by atoms with E-state index in [1.54, 1.807) is 17.7 Å². The number of aromatic amines is 1. The number of H-pyrrole nitrogens is 1. The summed E-state index contributed by atoms with van der Waals surface area (Å²) in [6, 6.07) is 5.60. The number of thiazole rings is 1. The second-order valence-electron chi connectivity index (χ2n) is 5.23. The number of carbonyl (C=O) groups excluding carboxylic acids is 1. The number of hydrogen-bond donors (Lipinski definition) is 1. The van der Waals surface area contributed by atoms with Crippen LogP contribution < -0.4 is 4.90 Å². The molecule has 1 fully saturated rings. The van der Waals surface area contributed by atoms with E-state index in [0.717, 1.165) is 42.3 Å². The molecule has 0 bridgehead atoms. The van der Waals surface area contributed by atoms with Crippen LogP contribution in [0.1, 0.15) is 10.4 Å². The van der Waals surface area contributed by atoms with Crippen LogP contribution in [0.5, 0.6) is 0 Å². The third kappa shape index (κ3) is 2.33. The lowest BCUT2D eigenvalue weighted by molar-refractivity contribution is 0.0747. The number of piperazine rings is 1. The first-order valence-corrected chi connectivity index (χ1v) is 8.06. The Morgan fingerprint density at radius 2 is 2.05 bits per heavy atom. The SMILES string of the molecule is O=C(c1ccc2nc[nH]c2c1)N1CCN(c2nccs2)CC1. The van der Waals surface area contributed by atoms with Crippen LogP contribution in [0.3, 0.4) is 0 Å². The summed E-state index contributed by atoms with van der Waals surface area (Å²) in [5.74, 6) is 0.0790. The van der Waals surface area contributed by atoms with Crippen molar-refractivity contribution in [3.05, 3.63) is 41.7 Å². The molecule has 22 heavy (non-hydrogen) atoms. The van der Waals surface area contributed by atoms with Gasteiger partial charge in [-0.15, -0.1) is 11.3 Å². The Hall–Kier alpha value is -2.41. The summed E-state index contributed by atoms with van der Waals surface area (Å²) < 4.78 is 0. The van der Waals surface area contributed by atoms with Gasteiger partial charge in [-0.05, 0) is 18.2 Å². The highest BCUT2D eigenvalue weighted by molar-refractivity contribution is 7.13. The molecule has 1 saturated heterocycles. The minimum atomic E-state index is 0.0790. The molecule has 0 unspecified atom stereocenters. The molecular weight excluding hydrogens is 298 g/mol. The van der Waals surface area contributed by atoms with Crippen molar-refractivity contribution in [1.82, 2.24) is 19.9 Å². The summed E-state index contributed by atoms with van der Waals surface area (Å²) in [5, 5.41) is 3.01.